The number of rotatable bonds is 6. The lowest BCUT2D eigenvalue weighted by atomic mass is 9.96. The summed E-state index contributed by atoms with van der Waals surface area (Å²) in [5.41, 5.74) is 0.559. The monoisotopic (exact) mass is 346 g/mol. The van der Waals surface area contributed by atoms with Crippen molar-refractivity contribution in [2.24, 2.45) is 5.41 Å². The zero-order chi connectivity index (χ0) is 17.6. The van der Waals surface area contributed by atoms with Crippen LogP contribution in [0.5, 0.6) is 0 Å². The molecule has 0 radical (unpaired) electrons. The van der Waals surface area contributed by atoms with Crippen molar-refractivity contribution in [2.75, 3.05) is 11.9 Å². The fraction of sp³-hybridized carbons (Fsp3) is 0.412. The highest BCUT2D eigenvalue weighted by atomic mass is 32.1. The Morgan fingerprint density at radius 3 is 2.50 bits per heavy atom. The van der Waals surface area contributed by atoms with Crippen molar-refractivity contribution < 1.29 is 9.59 Å². The maximum atomic E-state index is 11.9. The summed E-state index contributed by atoms with van der Waals surface area (Å²) in [6.45, 7) is 6.05. The summed E-state index contributed by atoms with van der Waals surface area (Å²) in [6.07, 6.45) is 0.905. The maximum Gasteiger partial charge on any atom is 0.226 e. The lowest BCUT2D eigenvalue weighted by Crippen LogP contribution is -2.35. The molecular weight excluding hydrogens is 324 g/mol. The van der Waals surface area contributed by atoms with Gasteiger partial charge >= 0.3 is 0 Å². The van der Waals surface area contributed by atoms with Gasteiger partial charge in [-0.3, -0.25) is 9.59 Å². The van der Waals surface area contributed by atoms with Gasteiger partial charge in [-0.05, 0) is 6.42 Å². The maximum absolute atomic E-state index is 11.9. The molecule has 7 heteroatoms. The van der Waals surface area contributed by atoms with Crippen LogP contribution in [-0.4, -0.2) is 28.6 Å². The summed E-state index contributed by atoms with van der Waals surface area (Å²) in [5, 5.41) is 14.9. The predicted octanol–water partition coefficient (Wildman–Crippen LogP) is 3.09. The van der Waals surface area contributed by atoms with Gasteiger partial charge in [-0.25, -0.2) is 0 Å². The minimum atomic E-state index is -0.414. The van der Waals surface area contributed by atoms with E-state index in [1.165, 1.54) is 11.3 Å². The van der Waals surface area contributed by atoms with Gasteiger partial charge in [-0.1, -0.05) is 62.4 Å². The molecule has 1 aromatic carbocycles. The quantitative estimate of drug-likeness (QED) is 0.787. The number of aromatic nitrogens is 2. The van der Waals surface area contributed by atoms with Crippen LogP contribution in [0.1, 0.15) is 33.6 Å². The van der Waals surface area contributed by atoms with E-state index in [0.29, 0.717) is 24.5 Å². The molecule has 2 amide bonds. The van der Waals surface area contributed by atoms with Gasteiger partial charge in [0.2, 0.25) is 16.9 Å². The van der Waals surface area contributed by atoms with Gasteiger partial charge in [0.1, 0.15) is 5.01 Å². The third-order valence-electron chi connectivity index (χ3n) is 3.24. The number of amides is 2. The first-order valence-electron chi connectivity index (χ1n) is 7.83. The molecule has 2 rings (SSSR count). The number of hydrogen-bond acceptors (Lipinski definition) is 5. The highest BCUT2D eigenvalue weighted by molar-refractivity contribution is 7.18. The molecule has 0 bridgehead atoms. The average Bonchev–Trinajstić information content (AvgIpc) is 2.99. The van der Waals surface area contributed by atoms with Gasteiger partial charge < -0.3 is 10.6 Å². The summed E-state index contributed by atoms with van der Waals surface area (Å²) in [7, 11) is 0. The molecule has 0 unspecified atom stereocenters. The molecule has 6 nitrogen and oxygen atoms in total. The Morgan fingerprint density at radius 2 is 1.83 bits per heavy atom. The summed E-state index contributed by atoms with van der Waals surface area (Å²) in [6, 6.07) is 9.70. The third-order valence-corrected chi connectivity index (χ3v) is 4.13. The Kier molecular flexibility index (Phi) is 6.03. The van der Waals surface area contributed by atoms with Gasteiger partial charge in [-0.15, -0.1) is 10.2 Å². The van der Waals surface area contributed by atoms with Crippen LogP contribution in [0.2, 0.25) is 0 Å². The third kappa shape index (κ3) is 5.42. The average molecular weight is 346 g/mol. The Balaban J connectivity index is 1.75. The Morgan fingerprint density at radius 1 is 1.12 bits per heavy atom. The van der Waals surface area contributed by atoms with Gasteiger partial charge in [0.25, 0.3) is 0 Å². The molecule has 0 aliphatic rings. The molecule has 1 aromatic heterocycles. The van der Waals surface area contributed by atoms with Crippen LogP contribution in [0.3, 0.4) is 0 Å². The minimum Gasteiger partial charge on any atom is -0.356 e. The summed E-state index contributed by atoms with van der Waals surface area (Å²) in [4.78, 5) is 23.6. The largest absolute Gasteiger partial charge is 0.356 e. The molecule has 0 fully saturated rings. The Hall–Kier alpha value is -2.28. The van der Waals surface area contributed by atoms with E-state index < -0.39 is 5.41 Å². The van der Waals surface area contributed by atoms with E-state index in [9.17, 15) is 9.59 Å². The second-order valence-electron chi connectivity index (χ2n) is 6.44. The van der Waals surface area contributed by atoms with Gasteiger partial charge in [0.05, 0.1) is 0 Å². The zero-order valence-corrected chi connectivity index (χ0v) is 14.9. The first-order chi connectivity index (χ1) is 11.4. The SMILES string of the molecule is CC(C)(C)C(=O)NCCCC(=O)Nc1nnc(-c2ccccc2)s1. The van der Waals surface area contributed by atoms with Crippen molar-refractivity contribution in [2.45, 2.75) is 33.6 Å². The standard InChI is InChI=1S/C17H22N4O2S/c1-17(2,3)15(23)18-11-7-10-13(22)19-16-21-20-14(24-16)12-8-5-4-6-9-12/h4-6,8-9H,7,10-11H2,1-3H3,(H,18,23)(H,19,21,22). The van der Waals surface area contributed by atoms with Crippen LogP contribution in [-0.2, 0) is 9.59 Å². The molecule has 0 saturated heterocycles. The van der Waals surface area contributed by atoms with Crippen molar-refractivity contribution in [3.05, 3.63) is 30.3 Å². The number of nitrogens with zero attached hydrogens (tertiary/aromatic N) is 2. The molecular formula is C17H22N4O2S. The second kappa shape index (κ2) is 8.01. The molecule has 1 heterocycles. The first kappa shape index (κ1) is 18.1. The molecule has 0 saturated carbocycles. The topological polar surface area (TPSA) is 84.0 Å². The molecule has 2 aromatic rings. The number of carbonyl (C=O) groups is 2. The van der Waals surface area contributed by atoms with E-state index in [0.717, 1.165) is 10.6 Å². The van der Waals surface area contributed by atoms with Crippen LogP contribution in [0.25, 0.3) is 10.6 Å². The van der Waals surface area contributed by atoms with Crippen LogP contribution < -0.4 is 10.6 Å². The van der Waals surface area contributed by atoms with Crippen molar-refractivity contribution >= 4 is 28.3 Å². The predicted molar refractivity (Wildman–Crippen MR) is 95.7 cm³/mol. The van der Waals surface area contributed by atoms with Gasteiger partial charge in [0, 0.05) is 23.9 Å². The fourth-order valence-corrected chi connectivity index (χ4v) is 2.63. The van der Waals surface area contributed by atoms with Crippen molar-refractivity contribution in [1.29, 1.82) is 0 Å². The Bertz CT molecular complexity index is 692. The van der Waals surface area contributed by atoms with Crippen LogP contribution >= 0.6 is 11.3 Å². The molecule has 24 heavy (non-hydrogen) atoms. The van der Waals surface area contributed by atoms with E-state index in [2.05, 4.69) is 20.8 Å². The summed E-state index contributed by atoms with van der Waals surface area (Å²) in [5.74, 6) is -0.143. The zero-order valence-electron chi connectivity index (χ0n) is 14.1. The molecule has 0 aliphatic carbocycles. The van der Waals surface area contributed by atoms with Gasteiger partial charge in [-0.2, -0.15) is 0 Å². The van der Waals surface area contributed by atoms with E-state index in [-0.39, 0.29) is 11.8 Å². The molecule has 128 valence electrons. The lowest BCUT2D eigenvalue weighted by molar-refractivity contribution is -0.128. The molecule has 2 N–H and O–H groups in total. The van der Waals surface area contributed by atoms with Crippen molar-refractivity contribution in [1.82, 2.24) is 15.5 Å². The molecule has 0 aliphatic heterocycles. The van der Waals surface area contributed by atoms with Crippen molar-refractivity contribution in [3.8, 4) is 10.6 Å². The summed E-state index contributed by atoms with van der Waals surface area (Å²) < 4.78 is 0. The smallest absolute Gasteiger partial charge is 0.226 e. The summed E-state index contributed by atoms with van der Waals surface area (Å²) >= 11 is 1.34. The molecule has 0 atom stereocenters. The van der Waals surface area contributed by atoms with E-state index in [1.54, 1.807) is 0 Å². The Labute approximate surface area is 145 Å². The van der Waals surface area contributed by atoms with Crippen molar-refractivity contribution in [3.63, 3.8) is 0 Å². The fourth-order valence-electron chi connectivity index (χ4n) is 1.87. The van der Waals surface area contributed by atoms with E-state index >= 15 is 0 Å². The highest BCUT2D eigenvalue weighted by Crippen LogP contribution is 2.25. The number of carbonyl (C=O) groups excluding carboxylic acids is 2. The van der Waals surface area contributed by atoms with Gasteiger partial charge in [0.15, 0.2) is 0 Å². The van der Waals surface area contributed by atoms with E-state index in [1.807, 2.05) is 51.1 Å². The lowest BCUT2D eigenvalue weighted by Gasteiger charge is -2.17. The van der Waals surface area contributed by atoms with Crippen LogP contribution in [0.4, 0.5) is 5.13 Å². The van der Waals surface area contributed by atoms with Crippen LogP contribution in [0.15, 0.2) is 30.3 Å². The first-order valence-corrected chi connectivity index (χ1v) is 8.65. The molecule has 0 spiro atoms. The minimum absolute atomic E-state index is 0.0143. The number of hydrogen-bond donors (Lipinski definition) is 2. The van der Waals surface area contributed by atoms with Crippen LogP contribution in [0, 0.1) is 5.41 Å². The number of benzene rings is 1. The number of anilines is 1. The number of nitrogens with one attached hydrogen (secondary N) is 2. The second-order valence-corrected chi connectivity index (χ2v) is 7.41. The normalized spacial score (nSPS) is 11.1. The van der Waals surface area contributed by atoms with E-state index in [4.69, 9.17) is 0 Å². The highest BCUT2D eigenvalue weighted by Gasteiger charge is 2.20.